The van der Waals surface area contributed by atoms with Gasteiger partial charge in [-0.15, -0.1) is 0 Å². The number of ether oxygens (including phenoxy) is 3. The Morgan fingerprint density at radius 1 is 1.10 bits per heavy atom. The molecule has 3 atom stereocenters. The van der Waals surface area contributed by atoms with Crippen LogP contribution in [0.3, 0.4) is 0 Å². The third-order valence-corrected chi connectivity index (χ3v) is 5.46. The highest BCUT2D eigenvalue weighted by atomic mass is 16.7. The summed E-state index contributed by atoms with van der Waals surface area (Å²) in [6.45, 7) is 0.564. The third kappa shape index (κ3) is 5.10. The quantitative estimate of drug-likeness (QED) is 0.544. The number of fused-ring (bicyclic) bond motifs is 1. The Labute approximate surface area is 169 Å². The van der Waals surface area contributed by atoms with Gasteiger partial charge in [0.25, 0.3) is 0 Å². The second-order valence-corrected chi connectivity index (χ2v) is 7.68. The highest BCUT2D eigenvalue weighted by molar-refractivity contribution is 5.90. The number of rotatable bonds is 7. The Bertz CT molecular complexity index is 754. The van der Waals surface area contributed by atoms with Crippen LogP contribution in [0.5, 0.6) is 11.5 Å². The van der Waals surface area contributed by atoms with Crippen molar-refractivity contribution in [1.82, 2.24) is 10.6 Å². The van der Waals surface area contributed by atoms with Crippen LogP contribution in [0.25, 0.3) is 0 Å². The van der Waals surface area contributed by atoms with Crippen molar-refractivity contribution in [2.75, 3.05) is 25.3 Å². The molecule has 1 aromatic rings. The van der Waals surface area contributed by atoms with Crippen molar-refractivity contribution >= 4 is 17.6 Å². The van der Waals surface area contributed by atoms with Crippen LogP contribution in [0.15, 0.2) is 18.2 Å². The normalized spacial score (nSPS) is 25.3. The Balaban J connectivity index is 1.22. The van der Waals surface area contributed by atoms with Crippen LogP contribution in [0.4, 0.5) is 10.5 Å². The number of nitrogens with one attached hydrogen (secondary N) is 3. The molecule has 4 rings (SSSR count). The van der Waals surface area contributed by atoms with Crippen molar-refractivity contribution in [3.8, 4) is 11.5 Å². The maximum Gasteiger partial charge on any atom is 0.319 e. The van der Waals surface area contributed by atoms with Crippen molar-refractivity contribution in [1.29, 1.82) is 0 Å². The van der Waals surface area contributed by atoms with E-state index in [0.29, 0.717) is 36.6 Å². The van der Waals surface area contributed by atoms with Crippen molar-refractivity contribution in [2.24, 2.45) is 5.92 Å². The lowest BCUT2D eigenvalue weighted by Crippen LogP contribution is -2.52. The molecule has 4 N–H and O–H groups in total. The maximum absolute atomic E-state index is 12.4. The van der Waals surface area contributed by atoms with E-state index < -0.39 is 6.10 Å². The molecule has 1 aliphatic carbocycles. The maximum atomic E-state index is 12.4. The van der Waals surface area contributed by atoms with Gasteiger partial charge < -0.3 is 35.3 Å². The summed E-state index contributed by atoms with van der Waals surface area (Å²) >= 11 is 0. The summed E-state index contributed by atoms with van der Waals surface area (Å²) in [5, 5.41) is 18.3. The summed E-state index contributed by atoms with van der Waals surface area (Å²) in [6.07, 6.45) is 3.61. The molecule has 3 aliphatic rings. The lowest BCUT2D eigenvalue weighted by Gasteiger charge is -2.36. The number of anilines is 1. The molecule has 9 heteroatoms. The molecule has 1 saturated heterocycles. The molecule has 2 heterocycles. The molecule has 0 unspecified atom stereocenters. The van der Waals surface area contributed by atoms with Gasteiger partial charge in [-0.3, -0.25) is 4.79 Å². The van der Waals surface area contributed by atoms with Gasteiger partial charge in [-0.25, -0.2) is 4.79 Å². The zero-order chi connectivity index (χ0) is 20.2. The smallest absolute Gasteiger partial charge is 0.319 e. The summed E-state index contributed by atoms with van der Waals surface area (Å²) in [7, 11) is 0. The van der Waals surface area contributed by atoms with E-state index in [2.05, 4.69) is 16.0 Å². The second kappa shape index (κ2) is 8.87. The molecule has 158 valence electrons. The van der Waals surface area contributed by atoms with Gasteiger partial charge in [0, 0.05) is 24.2 Å². The molecule has 29 heavy (non-hydrogen) atoms. The van der Waals surface area contributed by atoms with Crippen LogP contribution < -0.4 is 25.4 Å². The van der Waals surface area contributed by atoms with Gasteiger partial charge in [0.15, 0.2) is 11.5 Å². The number of aliphatic hydroxyl groups is 1. The third-order valence-electron chi connectivity index (χ3n) is 5.46. The largest absolute Gasteiger partial charge is 0.454 e. The average Bonchev–Trinajstić information content (AvgIpc) is 3.47. The predicted octanol–water partition coefficient (Wildman–Crippen LogP) is 1.36. The van der Waals surface area contributed by atoms with E-state index in [9.17, 15) is 14.7 Å². The number of aliphatic hydroxyl groups excluding tert-OH is 1. The minimum Gasteiger partial charge on any atom is -0.454 e. The summed E-state index contributed by atoms with van der Waals surface area (Å²) in [5.41, 5.74) is 0.591. The number of hydrogen-bond donors (Lipinski definition) is 4. The minimum atomic E-state index is -0.476. The van der Waals surface area contributed by atoms with E-state index in [1.807, 2.05) is 0 Å². The van der Waals surface area contributed by atoms with Crippen molar-refractivity contribution in [3.05, 3.63) is 18.2 Å². The van der Waals surface area contributed by atoms with Crippen LogP contribution in [0, 0.1) is 5.92 Å². The van der Waals surface area contributed by atoms with Gasteiger partial charge >= 0.3 is 6.03 Å². The number of carbonyl (C=O) groups excluding carboxylic acids is 2. The fraction of sp³-hybridized carbons (Fsp3) is 0.600. The van der Waals surface area contributed by atoms with Crippen molar-refractivity contribution < 1.29 is 28.9 Å². The molecule has 0 radical (unpaired) electrons. The Morgan fingerprint density at radius 2 is 1.93 bits per heavy atom. The van der Waals surface area contributed by atoms with Gasteiger partial charge in [-0.1, -0.05) is 0 Å². The van der Waals surface area contributed by atoms with E-state index in [0.717, 1.165) is 19.3 Å². The Morgan fingerprint density at radius 3 is 2.72 bits per heavy atom. The van der Waals surface area contributed by atoms with Gasteiger partial charge in [0.2, 0.25) is 12.7 Å². The molecule has 3 amide bonds. The fourth-order valence-electron chi connectivity index (χ4n) is 3.67. The summed E-state index contributed by atoms with van der Waals surface area (Å²) in [6, 6.07) is 4.52. The zero-order valence-corrected chi connectivity index (χ0v) is 16.2. The van der Waals surface area contributed by atoms with Crippen molar-refractivity contribution in [3.63, 3.8) is 0 Å². The monoisotopic (exact) mass is 405 g/mol. The second-order valence-electron chi connectivity index (χ2n) is 7.68. The Hall–Kier alpha value is -2.52. The lowest BCUT2D eigenvalue weighted by atomic mass is 9.97. The summed E-state index contributed by atoms with van der Waals surface area (Å²) in [5.74, 6) is 1.56. The van der Waals surface area contributed by atoms with Gasteiger partial charge in [-0.2, -0.15) is 0 Å². The van der Waals surface area contributed by atoms with Gasteiger partial charge in [-0.05, 0) is 44.2 Å². The zero-order valence-electron chi connectivity index (χ0n) is 16.2. The van der Waals surface area contributed by atoms with E-state index in [4.69, 9.17) is 14.2 Å². The lowest BCUT2D eigenvalue weighted by molar-refractivity contribution is -0.122. The number of benzene rings is 1. The highest BCUT2D eigenvalue weighted by Crippen LogP contribution is 2.34. The first-order valence-corrected chi connectivity index (χ1v) is 10.1. The molecule has 0 spiro atoms. The van der Waals surface area contributed by atoms with E-state index in [1.165, 1.54) is 0 Å². The first-order valence-electron chi connectivity index (χ1n) is 10.1. The predicted molar refractivity (Wildman–Crippen MR) is 104 cm³/mol. The molecule has 0 aromatic heterocycles. The van der Waals surface area contributed by atoms with E-state index >= 15 is 0 Å². The SMILES string of the molecule is O=C(Nc1ccc2c(c1)OCO2)N[C@@H]1CC[C@H](CCNC(=O)C2CC2)O[C@H]1CO. The number of amides is 3. The van der Waals surface area contributed by atoms with E-state index in [1.54, 1.807) is 18.2 Å². The molecule has 1 saturated carbocycles. The average molecular weight is 405 g/mol. The molecular formula is C20H27N3O6. The first kappa shape index (κ1) is 19.8. The van der Waals surface area contributed by atoms with Crippen LogP contribution in [0.2, 0.25) is 0 Å². The Kier molecular flexibility index (Phi) is 6.05. The summed E-state index contributed by atoms with van der Waals surface area (Å²) in [4.78, 5) is 24.1. The first-order chi connectivity index (χ1) is 14.1. The van der Waals surface area contributed by atoms with Gasteiger partial charge in [0.05, 0.1) is 18.8 Å². The number of hydrogen-bond acceptors (Lipinski definition) is 6. The molecule has 9 nitrogen and oxygen atoms in total. The van der Waals surface area contributed by atoms with Crippen LogP contribution in [-0.4, -0.2) is 55.2 Å². The standard InChI is InChI=1S/C20H27N3O6/c24-10-18-15(5-4-14(29-18)7-8-21-19(25)12-1-2-12)23-20(26)22-13-3-6-16-17(9-13)28-11-27-16/h3,6,9,12,14-15,18,24H,1-2,4-5,7-8,10-11H2,(H,21,25)(H2,22,23,26)/t14-,15-,18+/m1/s1. The highest BCUT2D eigenvalue weighted by Gasteiger charge is 2.33. The molecule has 0 bridgehead atoms. The van der Waals surface area contributed by atoms with Crippen LogP contribution in [-0.2, 0) is 9.53 Å². The molecule has 1 aromatic carbocycles. The molecule has 2 fully saturated rings. The van der Waals surface area contributed by atoms with E-state index in [-0.39, 0.29) is 43.4 Å². The van der Waals surface area contributed by atoms with Crippen molar-refractivity contribution in [2.45, 2.75) is 50.4 Å². The molecular weight excluding hydrogens is 378 g/mol. The summed E-state index contributed by atoms with van der Waals surface area (Å²) < 4.78 is 16.5. The topological polar surface area (TPSA) is 118 Å². The minimum absolute atomic E-state index is 0.0402. The van der Waals surface area contributed by atoms with Crippen LogP contribution >= 0.6 is 0 Å². The van der Waals surface area contributed by atoms with Crippen LogP contribution in [0.1, 0.15) is 32.1 Å². The molecule has 2 aliphatic heterocycles. The number of urea groups is 1. The fourth-order valence-corrected chi connectivity index (χ4v) is 3.67. The number of carbonyl (C=O) groups is 2. The van der Waals surface area contributed by atoms with Gasteiger partial charge in [0.1, 0.15) is 6.10 Å².